The Labute approximate surface area is 135 Å². The fourth-order valence-corrected chi connectivity index (χ4v) is 3.82. The highest BCUT2D eigenvalue weighted by molar-refractivity contribution is 5.74. The van der Waals surface area contributed by atoms with E-state index in [1.807, 2.05) is 0 Å². The van der Waals surface area contributed by atoms with Gasteiger partial charge < -0.3 is 10.2 Å². The van der Waals surface area contributed by atoms with Gasteiger partial charge in [0.15, 0.2) is 0 Å². The molecule has 0 aromatic rings. The summed E-state index contributed by atoms with van der Waals surface area (Å²) in [6, 6.07) is 0.159. The molecule has 2 saturated heterocycles. The SMILES string of the molecule is O=C(NC1CCN2CCCCC12)N(CCC(F)(F)F)CC1CC1. The molecule has 23 heavy (non-hydrogen) atoms. The molecule has 0 spiro atoms. The molecule has 0 aromatic heterocycles. The van der Waals surface area contributed by atoms with Crippen LogP contribution in [0, 0.1) is 5.92 Å². The average molecular weight is 333 g/mol. The largest absolute Gasteiger partial charge is 0.390 e. The van der Waals surface area contributed by atoms with Gasteiger partial charge in [0, 0.05) is 31.7 Å². The third-order valence-corrected chi connectivity index (χ3v) is 5.29. The number of urea groups is 1. The van der Waals surface area contributed by atoms with Crippen LogP contribution in [0.4, 0.5) is 18.0 Å². The van der Waals surface area contributed by atoms with Gasteiger partial charge in [-0.25, -0.2) is 4.79 Å². The molecule has 1 saturated carbocycles. The van der Waals surface area contributed by atoms with Crippen molar-refractivity contribution in [2.75, 3.05) is 26.2 Å². The lowest BCUT2D eigenvalue weighted by Gasteiger charge is -2.33. The molecule has 0 bridgehead atoms. The first-order chi connectivity index (χ1) is 10.9. The molecule has 2 atom stereocenters. The average Bonchev–Trinajstić information content (AvgIpc) is 3.23. The van der Waals surface area contributed by atoms with Crippen molar-refractivity contribution in [3.05, 3.63) is 0 Å². The lowest BCUT2D eigenvalue weighted by Crippen LogP contribution is -2.51. The molecule has 3 rings (SSSR count). The number of nitrogens with zero attached hydrogens (tertiary/aromatic N) is 2. The molecule has 0 aromatic carbocycles. The molecule has 7 heteroatoms. The standard InChI is InChI=1S/C16H26F3N3O/c17-16(18,19)7-10-22(11-12-4-5-12)15(23)20-13-6-9-21-8-2-1-3-14(13)21/h12-14H,1-11H2,(H,20,23). The lowest BCUT2D eigenvalue weighted by molar-refractivity contribution is -0.136. The second kappa shape index (κ2) is 6.87. The second-order valence-electron chi connectivity index (χ2n) is 7.20. The zero-order valence-corrected chi connectivity index (χ0v) is 13.4. The number of nitrogens with one attached hydrogen (secondary N) is 1. The quantitative estimate of drug-likeness (QED) is 0.839. The van der Waals surface area contributed by atoms with E-state index in [-0.39, 0.29) is 18.6 Å². The smallest absolute Gasteiger partial charge is 0.334 e. The minimum Gasteiger partial charge on any atom is -0.334 e. The summed E-state index contributed by atoms with van der Waals surface area (Å²) in [4.78, 5) is 16.3. The Kier molecular flexibility index (Phi) is 5.04. The molecular formula is C16H26F3N3O. The number of carbonyl (C=O) groups excluding carboxylic acids is 1. The van der Waals surface area contributed by atoms with Gasteiger partial charge in [-0.2, -0.15) is 13.2 Å². The van der Waals surface area contributed by atoms with Crippen molar-refractivity contribution in [3.63, 3.8) is 0 Å². The number of alkyl halides is 3. The maximum absolute atomic E-state index is 12.5. The minimum absolute atomic E-state index is 0.0930. The monoisotopic (exact) mass is 333 g/mol. The summed E-state index contributed by atoms with van der Waals surface area (Å²) >= 11 is 0. The van der Waals surface area contributed by atoms with Crippen LogP contribution in [-0.4, -0.2) is 60.3 Å². The van der Waals surface area contributed by atoms with Crippen LogP contribution in [0.5, 0.6) is 0 Å². The summed E-state index contributed by atoms with van der Waals surface area (Å²) in [5.74, 6) is 0.392. The van der Waals surface area contributed by atoms with Crippen LogP contribution in [0.25, 0.3) is 0 Å². The first kappa shape index (κ1) is 16.9. The van der Waals surface area contributed by atoms with E-state index in [4.69, 9.17) is 0 Å². The van der Waals surface area contributed by atoms with E-state index in [9.17, 15) is 18.0 Å². The van der Waals surface area contributed by atoms with Crippen molar-refractivity contribution in [1.82, 2.24) is 15.1 Å². The van der Waals surface area contributed by atoms with Gasteiger partial charge in [-0.05, 0) is 44.6 Å². The van der Waals surface area contributed by atoms with Gasteiger partial charge in [0.25, 0.3) is 0 Å². The fourth-order valence-electron chi connectivity index (χ4n) is 3.82. The molecule has 3 aliphatic rings. The van der Waals surface area contributed by atoms with Crippen LogP contribution in [0.2, 0.25) is 0 Å². The first-order valence-corrected chi connectivity index (χ1v) is 8.78. The zero-order valence-electron chi connectivity index (χ0n) is 13.4. The van der Waals surface area contributed by atoms with E-state index in [1.165, 1.54) is 17.7 Å². The second-order valence-corrected chi connectivity index (χ2v) is 7.20. The van der Waals surface area contributed by atoms with E-state index in [0.717, 1.165) is 38.8 Å². The maximum Gasteiger partial charge on any atom is 0.390 e. The summed E-state index contributed by atoms with van der Waals surface area (Å²) in [5, 5.41) is 3.03. The van der Waals surface area contributed by atoms with Gasteiger partial charge in [-0.15, -0.1) is 0 Å². The topological polar surface area (TPSA) is 35.6 Å². The van der Waals surface area contributed by atoms with Crippen LogP contribution in [-0.2, 0) is 0 Å². The molecule has 2 heterocycles. The van der Waals surface area contributed by atoms with E-state index >= 15 is 0 Å². The van der Waals surface area contributed by atoms with E-state index in [1.54, 1.807) is 0 Å². The molecule has 2 aliphatic heterocycles. The van der Waals surface area contributed by atoms with Crippen LogP contribution in [0.15, 0.2) is 0 Å². The summed E-state index contributed by atoms with van der Waals surface area (Å²) in [6.45, 7) is 2.30. The third kappa shape index (κ3) is 4.75. The summed E-state index contributed by atoms with van der Waals surface area (Å²) in [5.41, 5.74) is 0. The molecule has 2 unspecified atom stereocenters. The van der Waals surface area contributed by atoms with Gasteiger partial charge in [-0.3, -0.25) is 4.90 Å². The predicted molar refractivity (Wildman–Crippen MR) is 81.1 cm³/mol. The lowest BCUT2D eigenvalue weighted by atomic mass is 9.99. The van der Waals surface area contributed by atoms with Crippen LogP contribution in [0.3, 0.4) is 0 Å². The molecule has 1 aliphatic carbocycles. The predicted octanol–water partition coefficient (Wildman–Crippen LogP) is 2.99. The number of carbonyl (C=O) groups is 1. The van der Waals surface area contributed by atoms with Crippen molar-refractivity contribution >= 4 is 6.03 Å². The maximum atomic E-state index is 12.5. The Balaban J connectivity index is 1.54. The highest BCUT2D eigenvalue weighted by Gasteiger charge is 2.38. The summed E-state index contributed by atoms with van der Waals surface area (Å²) in [7, 11) is 0. The number of rotatable bonds is 5. The number of fused-ring (bicyclic) bond motifs is 1. The molecule has 1 N–H and O–H groups in total. The van der Waals surface area contributed by atoms with Crippen LogP contribution >= 0.6 is 0 Å². The Morgan fingerprint density at radius 3 is 2.61 bits per heavy atom. The fraction of sp³-hybridized carbons (Fsp3) is 0.938. The molecule has 4 nitrogen and oxygen atoms in total. The van der Waals surface area contributed by atoms with Gasteiger partial charge in [-0.1, -0.05) is 6.42 Å². The van der Waals surface area contributed by atoms with Gasteiger partial charge >= 0.3 is 12.2 Å². The number of halogens is 3. The van der Waals surface area contributed by atoms with Crippen molar-refractivity contribution in [1.29, 1.82) is 0 Å². The van der Waals surface area contributed by atoms with Crippen LogP contribution < -0.4 is 5.32 Å². The summed E-state index contributed by atoms with van der Waals surface area (Å²) < 4.78 is 37.5. The highest BCUT2D eigenvalue weighted by atomic mass is 19.4. The molecule has 132 valence electrons. The van der Waals surface area contributed by atoms with Crippen molar-refractivity contribution in [3.8, 4) is 0 Å². The molecule has 2 amide bonds. The number of piperidine rings is 1. The van der Waals surface area contributed by atoms with Crippen molar-refractivity contribution in [2.24, 2.45) is 5.92 Å². The van der Waals surface area contributed by atoms with E-state index in [2.05, 4.69) is 10.2 Å². The highest BCUT2D eigenvalue weighted by Crippen LogP contribution is 2.31. The number of hydrogen-bond acceptors (Lipinski definition) is 2. The van der Waals surface area contributed by atoms with Gasteiger partial charge in [0.1, 0.15) is 0 Å². The third-order valence-electron chi connectivity index (χ3n) is 5.29. The minimum atomic E-state index is -4.21. The van der Waals surface area contributed by atoms with Gasteiger partial charge in [0.2, 0.25) is 0 Å². The van der Waals surface area contributed by atoms with Crippen molar-refractivity contribution in [2.45, 2.75) is 63.2 Å². The normalized spacial score (nSPS) is 28.5. The van der Waals surface area contributed by atoms with Crippen LogP contribution in [0.1, 0.15) is 44.9 Å². The Morgan fingerprint density at radius 1 is 1.13 bits per heavy atom. The molecule has 3 fully saturated rings. The zero-order chi connectivity index (χ0) is 16.4. The summed E-state index contributed by atoms with van der Waals surface area (Å²) in [6.07, 6.45) is 1.28. The van der Waals surface area contributed by atoms with Gasteiger partial charge in [0.05, 0.1) is 6.42 Å². The van der Waals surface area contributed by atoms with E-state index in [0.29, 0.717) is 18.5 Å². The molecule has 0 radical (unpaired) electrons. The number of amides is 2. The molecular weight excluding hydrogens is 307 g/mol. The number of hydrogen-bond donors (Lipinski definition) is 1. The Morgan fingerprint density at radius 2 is 1.91 bits per heavy atom. The Bertz CT molecular complexity index is 425. The van der Waals surface area contributed by atoms with E-state index < -0.39 is 12.6 Å². The van der Waals surface area contributed by atoms with Crippen molar-refractivity contribution < 1.29 is 18.0 Å². The Hall–Kier alpha value is -0.980. The first-order valence-electron chi connectivity index (χ1n) is 8.78.